The van der Waals surface area contributed by atoms with E-state index in [9.17, 15) is 0 Å². The molecule has 1 fully saturated rings. The van der Waals surface area contributed by atoms with Crippen molar-refractivity contribution in [3.05, 3.63) is 54.6 Å². The lowest BCUT2D eigenvalue weighted by molar-refractivity contribution is 0.0671. The van der Waals surface area contributed by atoms with Gasteiger partial charge in [0.1, 0.15) is 5.75 Å². The van der Waals surface area contributed by atoms with Gasteiger partial charge in [0.25, 0.3) is 0 Å². The van der Waals surface area contributed by atoms with E-state index in [1.54, 1.807) is 7.11 Å². The van der Waals surface area contributed by atoms with Crippen molar-refractivity contribution in [1.29, 1.82) is 0 Å². The lowest BCUT2D eigenvalue weighted by Gasteiger charge is -2.41. The van der Waals surface area contributed by atoms with Gasteiger partial charge in [0.15, 0.2) is 0 Å². The first kappa shape index (κ1) is 18.1. The highest BCUT2D eigenvalue weighted by Crippen LogP contribution is 2.25. The number of para-hydroxylation sites is 1. The van der Waals surface area contributed by atoms with E-state index in [0.717, 1.165) is 36.2 Å². The zero-order chi connectivity index (χ0) is 19.3. The number of hydrogen-bond acceptors (Lipinski definition) is 8. The average molecular weight is 380 g/mol. The summed E-state index contributed by atoms with van der Waals surface area (Å²) in [6, 6.07) is 17.8. The van der Waals surface area contributed by atoms with Crippen molar-refractivity contribution >= 4 is 23.3 Å². The number of methoxy groups -OCH3 is 1. The Bertz CT molecular complexity index is 847. The summed E-state index contributed by atoms with van der Waals surface area (Å²) >= 11 is 0. The molecule has 2 aromatic carbocycles. The van der Waals surface area contributed by atoms with Gasteiger partial charge >= 0.3 is 0 Å². The molecule has 8 nitrogen and oxygen atoms in total. The summed E-state index contributed by atoms with van der Waals surface area (Å²) in [5, 5.41) is 3.44. The maximum atomic E-state index is 6.08. The maximum Gasteiger partial charge on any atom is 0.222 e. The normalized spacial score (nSPS) is 19.7. The molecule has 2 aliphatic heterocycles. The Kier molecular flexibility index (Phi) is 5.29. The first-order valence-corrected chi connectivity index (χ1v) is 9.24. The van der Waals surface area contributed by atoms with Crippen LogP contribution in [-0.4, -0.2) is 56.5 Å². The molecule has 4 rings (SSSR count). The van der Waals surface area contributed by atoms with Gasteiger partial charge in [0.05, 0.1) is 20.3 Å². The Morgan fingerprint density at radius 1 is 1.07 bits per heavy atom. The molecule has 146 valence electrons. The molecule has 2 aliphatic rings. The van der Waals surface area contributed by atoms with Gasteiger partial charge in [-0.3, -0.25) is 4.90 Å². The summed E-state index contributed by atoms with van der Waals surface area (Å²) in [5.74, 6) is 1.82. The second-order valence-corrected chi connectivity index (χ2v) is 6.45. The van der Waals surface area contributed by atoms with Crippen molar-refractivity contribution in [2.24, 2.45) is 15.7 Å². The molecule has 0 bridgehead atoms. The third-order valence-electron chi connectivity index (χ3n) is 4.64. The van der Waals surface area contributed by atoms with E-state index in [4.69, 9.17) is 15.2 Å². The third-order valence-corrected chi connectivity index (χ3v) is 4.64. The number of benzene rings is 2. The molecule has 1 unspecified atom stereocenters. The van der Waals surface area contributed by atoms with E-state index in [1.807, 2.05) is 54.6 Å². The SMILES string of the molecule is COc1ccc(NC2N=C(N)N=C(N3CCOCC3)N2c2ccccc2)cc1. The van der Waals surface area contributed by atoms with Crippen LogP contribution in [0.2, 0.25) is 0 Å². The van der Waals surface area contributed by atoms with Crippen molar-refractivity contribution < 1.29 is 9.47 Å². The topological polar surface area (TPSA) is 87.7 Å². The Labute approximate surface area is 164 Å². The number of aliphatic imine (C=N–C) groups is 2. The maximum absolute atomic E-state index is 6.08. The second kappa shape index (κ2) is 8.18. The quantitative estimate of drug-likeness (QED) is 0.843. The number of rotatable bonds is 4. The largest absolute Gasteiger partial charge is 0.497 e. The van der Waals surface area contributed by atoms with Crippen LogP contribution in [0.25, 0.3) is 0 Å². The number of morpholine rings is 1. The summed E-state index contributed by atoms with van der Waals surface area (Å²) in [7, 11) is 1.65. The number of nitrogens with zero attached hydrogens (tertiary/aromatic N) is 4. The summed E-state index contributed by atoms with van der Waals surface area (Å²) in [6.45, 7) is 2.83. The molecule has 0 aromatic heterocycles. The average Bonchev–Trinajstić information content (AvgIpc) is 2.75. The summed E-state index contributed by atoms with van der Waals surface area (Å²) in [4.78, 5) is 13.4. The highest BCUT2D eigenvalue weighted by molar-refractivity contribution is 6.05. The molecule has 0 amide bonds. The molecule has 2 heterocycles. The minimum absolute atomic E-state index is 0.250. The van der Waals surface area contributed by atoms with Crippen LogP contribution in [-0.2, 0) is 4.74 Å². The summed E-state index contributed by atoms with van der Waals surface area (Å²) in [6.07, 6.45) is -0.425. The Morgan fingerprint density at radius 2 is 1.79 bits per heavy atom. The minimum Gasteiger partial charge on any atom is -0.497 e. The molecule has 2 aromatic rings. The minimum atomic E-state index is -0.425. The standard InChI is InChI=1S/C20H24N6O2/c1-27-17-9-7-15(8-10-17)22-19-23-18(21)24-20(25-11-13-28-14-12-25)26(19)16-5-3-2-4-6-16/h2-10,19,22H,11-14H2,1H3,(H2,21,23). The van der Waals surface area contributed by atoms with Gasteiger partial charge in [-0.05, 0) is 36.4 Å². The number of nitrogens with two attached hydrogens (primary N) is 1. The van der Waals surface area contributed by atoms with Gasteiger partial charge in [-0.2, -0.15) is 4.99 Å². The van der Waals surface area contributed by atoms with E-state index >= 15 is 0 Å². The van der Waals surface area contributed by atoms with Crippen LogP contribution in [0.5, 0.6) is 5.75 Å². The smallest absolute Gasteiger partial charge is 0.222 e. The van der Waals surface area contributed by atoms with Gasteiger partial charge in [-0.15, -0.1) is 0 Å². The molecule has 3 N–H and O–H groups in total. The highest BCUT2D eigenvalue weighted by atomic mass is 16.5. The van der Waals surface area contributed by atoms with Crippen molar-refractivity contribution in [3.8, 4) is 5.75 Å². The molecule has 0 radical (unpaired) electrons. The lowest BCUT2D eigenvalue weighted by Crippen LogP contribution is -2.57. The fourth-order valence-corrected chi connectivity index (χ4v) is 3.24. The zero-order valence-corrected chi connectivity index (χ0v) is 15.8. The number of guanidine groups is 2. The third kappa shape index (κ3) is 3.86. The van der Waals surface area contributed by atoms with Crippen LogP contribution in [0.3, 0.4) is 0 Å². The predicted molar refractivity (Wildman–Crippen MR) is 111 cm³/mol. The van der Waals surface area contributed by atoms with Gasteiger partial charge in [-0.25, -0.2) is 4.99 Å². The van der Waals surface area contributed by atoms with Crippen LogP contribution in [0.1, 0.15) is 0 Å². The molecule has 0 spiro atoms. The van der Waals surface area contributed by atoms with Crippen molar-refractivity contribution in [1.82, 2.24) is 4.90 Å². The predicted octanol–water partition coefficient (Wildman–Crippen LogP) is 1.91. The van der Waals surface area contributed by atoms with E-state index in [0.29, 0.717) is 13.2 Å². The van der Waals surface area contributed by atoms with Gasteiger partial charge in [0, 0.05) is 24.5 Å². The van der Waals surface area contributed by atoms with Crippen molar-refractivity contribution in [3.63, 3.8) is 0 Å². The van der Waals surface area contributed by atoms with E-state index in [-0.39, 0.29) is 5.96 Å². The number of ether oxygens (including phenoxy) is 2. The lowest BCUT2D eigenvalue weighted by atomic mass is 10.2. The molecular weight excluding hydrogens is 356 g/mol. The Balaban J connectivity index is 1.67. The fourth-order valence-electron chi connectivity index (χ4n) is 3.24. The van der Waals surface area contributed by atoms with Gasteiger partial charge < -0.3 is 25.4 Å². The van der Waals surface area contributed by atoms with Crippen LogP contribution >= 0.6 is 0 Å². The van der Waals surface area contributed by atoms with Gasteiger partial charge in [0.2, 0.25) is 18.2 Å². The molecule has 1 atom stereocenters. The summed E-state index contributed by atoms with van der Waals surface area (Å²) in [5.41, 5.74) is 7.97. The Morgan fingerprint density at radius 3 is 2.46 bits per heavy atom. The molecule has 1 saturated heterocycles. The molecule has 28 heavy (non-hydrogen) atoms. The second-order valence-electron chi connectivity index (χ2n) is 6.45. The number of hydrogen-bond donors (Lipinski definition) is 2. The van der Waals surface area contributed by atoms with Crippen LogP contribution < -0.4 is 20.7 Å². The monoisotopic (exact) mass is 380 g/mol. The van der Waals surface area contributed by atoms with E-state index in [1.165, 1.54) is 0 Å². The van der Waals surface area contributed by atoms with Gasteiger partial charge in [-0.1, -0.05) is 18.2 Å². The van der Waals surface area contributed by atoms with Crippen molar-refractivity contribution in [2.75, 3.05) is 43.6 Å². The molecule has 0 aliphatic carbocycles. The molecule has 8 heteroatoms. The first-order valence-electron chi connectivity index (χ1n) is 9.24. The highest BCUT2D eigenvalue weighted by Gasteiger charge is 2.31. The number of nitrogens with one attached hydrogen (secondary N) is 1. The molecular formula is C20H24N6O2. The van der Waals surface area contributed by atoms with Crippen LogP contribution in [0, 0.1) is 0 Å². The van der Waals surface area contributed by atoms with E-state index < -0.39 is 6.29 Å². The van der Waals surface area contributed by atoms with Crippen molar-refractivity contribution in [2.45, 2.75) is 6.29 Å². The first-order chi connectivity index (χ1) is 13.7. The zero-order valence-electron chi connectivity index (χ0n) is 15.8. The van der Waals surface area contributed by atoms with Crippen LogP contribution in [0.4, 0.5) is 11.4 Å². The summed E-state index contributed by atoms with van der Waals surface area (Å²) < 4.78 is 10.7. The molecule has 0 saturated carbocycles. The Hall–Kier alpha value is -3.26. The number of anilines is 2. The van der Waals surface area contributed by atoms with Crippen LogP contribution in [0.15, 0.2) is 64.6 Å². The fraction of sp³-hybridized carbons (Fsp3) is 0.300. The van der Waals surface area contributed by atoms with E-state index in [2.05, 4.69) is 25.1 Å².